The van der Waals surface area contributed by atoms with Crippen molar-refractivity contribution in [1.82, 2.24) is 20.4 Å². The Balaban J connectivity index is 1.19. The van der Waals surface area contributed by atoms with Crippen LogP contribution in [-0.4, -0.2) is 106 Å². The molecule has 4 aliphatic heterocycles. The average Bonchev–Trinajstić information content (AvgIpc) is 3.32. The van der Waals surface area contributed by atoms with Gasteiger partial charge in [0.05, 0.1) is 25.3 Å². The number of nitrogens with one attached hydrogen (secondary N) is 2. The number of hydrogen-bond donors (Lipinski definition) is 4. The number of carboxylic acid groups (broad SMARTS) is 1. The van der Waals surface area contributed by atoms with Gasteiger partial charge in [-0.15, -0.1) is 0 Å². The molecule has 1 aromatic rings. The van der Waals surface area contributed by atoms with Crippen molar-refractivity contribution in [3.63, 3.8) is 0 Å². The van der Waals surface area contributed by atoms with Crippen LogP contribution in [0.4, 0.5) is 9.59 Å². The number of aliphatic hydroxyl groups excluding tert-OH is 1. The predicted molar refractivity (Wildman–Crippen MR) is 164 cm³/mol. The van der Waals surface area contributed by atoms with Crippen LogP contribution >= 0.6 is 0 Å². The summed E-state index contributed by atoms with van der Waals surface area (Å²) in [6.45, 7) is 1.79. The second-order valence-corrected chi connectivity index (χ2v) is 13.5. The van der Waals surface area contributed by atoms with Crippen molar-refractivity contribution in [3.8, 4) is 0 Å². The maximum atomic E-state index is 13.9. The zero-order chi connectivity index (χ0) is 32.3. The van der Waals surface area contributed by atoms with Crippen LogP contribution < -0.4 is 10.6 Å². The summed E-state index contributed by atoms with van der Waals surface area (Å²) >= 11 is 0. The van der Waals surface area contributed by atoms with E-state index in [0.717, 1.165) is 37.7 Å². The van der Waals surface area contributed by atoms with Gasteiger partial charge in [0.15, 0.2) is 0 Å². The zero-order valence-electron chi connectivity index (χ0n) is 26.2. The van der Waals surface area contributed by atoms with Gasteiger partial charge in [0.25, 0.3) is 0 Å². The smallest absolute Gasteiger partial charge is 0.410 e. The van der Waals surface area contributed by atoms with Crippen molar-refractivity contribution in [2.75, 3.05) is 26.3 Å². The topological polar surface area (TPSA) is 167 Å². The SMILES string of the molecule is O=C(N[C@H]1CCCCCCC[C@@H]2C[C@@]2(C(=O)O)NC(=O)[C@@H]2C[C@@H](OC(=O)N3CCc4ccccc4C3)CN2C1O)O[C@H]1CCOC1. The third-order valence-corrected chi connectivity index (χ3v) is 10.3. The number of nitrogens with zero attached hydrogens (tertiary/aromatic N) is 2. The Morgan fingerprint density at radius 1 is 1.00 bits per heavy atom. The molecular weight excluding hydrogens is 596 g/mol. The first-order valence-electron chi connectivity index (χ1n) is 16.8. The van der Waals surface area contributed by atoms with Gasteiger partial charge in [0.1, 0.15) is 24.0 Å². The molecule has 5 aliphatic rings. The summed E-state index contributed by atoms with van der Waals surface area (Å²) in [4.78, 5) is 55.6. The van der Waals surface area contributed by atoms with Crippen LogP contribution in [0.1, 0.15) is 75.3 Å². The van der Waals surface area contributed by atoms with Crippen molar-refractivity contribution in [2.45, 2.75) is 113 Å². The molecule has 0 bridgehead atoms. The highest BCUT2D eigenvalue weighted by molar-refractivity contribution is 5.92. The number of benzene rings is 1. The molecule has 1 saturated carbocycles. The lowest BCUT2D eigenvalue weighted by Gasteiger charge is -2.34. The number of amides is 3. The summed E-state index contributed by atoms with van der Waals surface area (Å²) in [6.07, 6.45) is 3.68. The van der Waals surface area contributed by atoms with Crippen LogP contribution in [0.5, 0.6) is 0 Å². The van der Waals surface area contributed by atoms with E-state index in [1.54, 1.807) is 4.90 Å². The molecule has 6 rings (SSSR count). The molecule has 1 unspecified atom stereocenters. The number of hydrogen-bond acceptors (Lipinski definition) is 9. The molecule has 0 radical (unpaired) electrons. The van der Waals surface area contributed by atoms with Gasteiger partial charge in [0, 0.05) is 32.5 Å². The Labute approximate surface area is 268 Å². The summed E-state index contributed by atoms with van der Waals surface area (Å²) in [7, 11) is 0. The van der Waals surface area contributed by atoms with Gasteiger partial charge in [-0.1, -0.05) is 56.4 Å². The average molecular weight is 643 g/mol. The number of fused-ring (bicyclic) bond motifs is 3. The number of aliphatic carboxylic acids is 1. The van der Waals surface area contributed by atoms with E-state index in [4.69, 9.17) is 14.2 Å². The molecular formula is C33H46N4O9. The van der Waals surface area contributed by atoms with Crippen molar-refractivity contribution in [2.24, 2.45) is 5.92 Å². The van der Waals surface area contributed by atoms with Gasteiger partial charge in [-0.3, -0.25) is 9.69 Å². The highest BCUT2D eigenvalue weighted by atomic mass is 16.6. The number of ether oxygens (including phenoxy) is 3. The summed E-state index contributed by atoms with van der Waals surface area (Å²) in [6, 6.07) is 6.21. The largest absolute Gasteiger partial charge is 0.479 e. The molecule has 1 aromatic carbocycles. The fraction of sp³-hybridized carbons (Fsp3) is 0.697. The fourth-order valence-corrected chi connectivity index (χ4v) is 7.53. The third kappa shape index (κ3) is 7.26. The highest BCUT2D eigenvalue weighted by Crippen LogP contribution is 2.47. The fourth-order valence-electron chi connectivity index (χ4n) is 7.53. The maximum absolute atomic E-state index is 13.9. The second kappa shape index (κ2) is 14.1. The standard InChI is InChI=1S/C33H46N4O9/c38-28-27-16-25(46-32(43)36-14-12-21-8-6-7-9-22(21)18-36)19-37(27)29(39)26(34-31(42)45-24-13-15-44-20-24)11-5-3-1-2-4-10-23-17-33(23,35-28)30(40)41/h6-9,23-27,29,39H,1-5,10-20H2,(H,34,42)(H,35,38)(H,40,41)/t23-,24+,25-,26+,27+,29?,33-/m1/s1. The minimum atomic E-state index is -1.34. The van der Waals surface area contributed by atoms with Gasteiger partial charge < -0.3 is 40.0 Å². The number of carbonyl (C=O) groups excluding carboxylic acids is 3. The Kier molecular flexibility index (Phi) is 10.00. The van der Waals surface area contributed by atoms with Gasteiger partial charge in [-0.25, -0.2) is 14.4 Å². The van der Waals surface area contributed by atoms with Crippen LogP contribution in [0, 0.1) is 5.92 Å². The highest BCUT2D eigenvalue weighted by Gasteiger charge is 2.62. The number of carbonyl (C=O) groups is 4. The normalized spacial score (nSPS) is 33.7. The summed E-state index contributed by atoms with van der Waals surface area (Å²) < 4.78 is 16.8. The van der Waals surface area contributed by atoms with Crippen LogP contribution in [0.2, 0.25) is 0 Å². The molecule has 4 heterocycles. The first-order valence-corrected chi connectivity index (χ1v) is 16.8. The summed E-state index contributed by atoms with van der Waals surface area (Å²) in [5, 5.41) is 27.5. The maximum Gasteiger partial charge on any atom is 0.410 e. The first kappa shape index (κ1) is 32.5. The number of alkyl carbamates (subject to hydrolysis) is 1. The van der Waals surface area contributed by atoms with Crippen molar-refractivity contribution in [3.05, 3.63) is 35.4 Å². The van der Waals surface area contributed by atoms with Crippen LogP contribution in [0.15, 0.2) is 24.3 Å². The van der Waals surface area contributed by atoms with E-state index in [1.165, 1.54) is 10.5 Å². The molecule has 3 amide bonds. The molecule has 0 spiro atoms. The van der Waals surface area contributed by atoms with Gasteiger partial charge in [-0.05, 0) is 42.7 Å². The lowest BCUT2D eigenvalue weighted by molar-refractivity contribution is -0.145. The Morgan fingerprint density at radius 2 is 1.76 bits per heavy atom. The minimum Gasteiger partial charge on any atom is -0.479 e. The zero-order valence-corrected chi connectivity index (χ0v) is 26.2. The molecule has 3 saturated heterocycles. The molecule has 13 heteroatoms. The van der Waals surface area contributed by atoms with Crippen LogP contribution in [-0.2, 0) is 36.8 Å². The number of carboxylic acids is 1. The van der Waals surface area contributed by atoms with E-state index < -0.39 is 54.0 Å². The molecule has 4 N–H and O–H groups in total. The molecule has 7 atom stereocenters. The Hall–Kier alpha value is -3.42. The van der Waals surface area contributed by atoms with E-state index in [9.17, 15) is 29.4 Å². The molecule has 0 aromatic heterocycles. The quantitative estimate of drug-likeness (QED) is 0.383. The van der Waals surface area contributed by atoms with Crippen molar-refractivity contribution in [1.29, 1.82) is 0 Å². The number of rotatable bonds is 4. The van der Waals surface area contributed by atoms with Crippen LogP contribution in [0.25, 0.3) is 0 Å². The van der Waals surface area contributed by atoms with Crippen LogP contribution in [0.3, 0.4) is 0 Å². The first-order chi connectivity index (χ1) is 22.2. The molecule has 4 fully saturated rings. The molecule has 252 valence electrons. The van der Waals surface area contributed by atoms with E-state index in [-0.39, 0.29) is 25.0 Å². The monoisotopic (exact) mass is 642 g/mol. The lowest BCUT2D eigenvalue weighted by Crippen LogP contribution is -2.58. The van der Waals surface area contributed by atoms with E-state index in [1.807, 2.05) is 18.2 Å². The van der Waals surface area contributed by atoms with E-state index >= 15 is 0 Å². The van der Waals surface area contributed by atoms with Gasteiger partial charge in [-0.2, -0.15) is 0 Å². The van der Waals surface area contributed by atoms with E-state index in [0.29, 0.717) is 58.4 Å². The minimum absolute atomic E-state index is 0.0443. The molecule has 13 nitrogen and oxygen atoms in total. The third-order valence-electron chi connectivity index (χ3n) is 10.3. The molecule has 1 aliphatic carbocycles. The lowest BCUT2D eigenvalue weighted by atomic mass is 10.0. The van der Waals surface area contributed by atoms with E-state index in [2.05, 4.69) is 16.7 Å². The second-order valence-electron chi connectivity index (χ2n) is 13.5. The molecule has 46 heavy (non-hydrogen) atoms. The number of aliphatic hydroxyl groups is 1. The Bertz CT molecular complexity index is 1290. The Morgan fingerprint density at radius 3 is 2.52 bits per heavy atom. The van der Waals surface area contributed by atoms with Gasteiger partial charge in [0.2, 0.25) is 5.91 Å². The summed E-state index contributed by atoms with van der Waals surface area (Å²) in [5.41, 5.74) is 0.915. The summed E-state index contributed by atoms with van der Waals surface area (Å²) in [5.74, 6) is -1.75. The predicted octanol–water partition coefficient (Wildman–Crippen LogP) is 2.53. The van der Waals surface area contributed by atoms with Crippen molar-refractivity contribution < 1.29 is 43.6 Å². The van der Waals surface area contributed by atoms with Gasteiger partial charge >= 0.3 is 18.2 Å². The van der Waals surface area contributed by atoms with Crippen molar-refractivity contribution >= 4 is 24.1 Å².